The molecule has 0 saturated carbocycles. The summed E-state index contributed by atoms with van der Waals surface area (Å²) >= 11 is 0. The smallest absolute Gasteiger partial charge is 0.356 e. The molecule has 1 aromatic heterocycles. The predicted molar refractivity (Wildman–Crippen MR) is 81.8 cm³/mol. The molecule has 0 spiro atoms. The van der Waals surface area contributed by atoms with Gasteiger partial charge in [0.25, 0.3) is 5.91 Å². The zero-order valence-electron chi connectivity index (χ0n) is 12.7. The van der Waals surface area contributed by atoms with Gasteiger partial charge in [-0.3, -0.25) is 4.79 Å². The van der Waals surface area contributed by atoms with E-state index in [0.29, 0.717) is 18.7 Å². The Hall–Kier alpha value is -2.83. The highest BCUT2D eigenvalue weighted by Gasteiger charge is 2.20. The molecule has 1 unspecified atom stereocenters. The number of rotatable bonds is 5. The van der Waals surface area contributed by atoms with E-state index in [1.165, 1.54) is 12.5 Å². The first kappa shape index (κ1) is 15.1. The van der Waals surface area contributed by atoms with E-state index in [4.69, 9.17) is 9.84 Å². The van der Waals surface area contributed by atoms with Crippen LogP contribution < -0.4 is 10.1 Å². The minimum absolute atomic E-state index is 0.0101. The number of hydrogen-bond donors (Lipinski definition) is 2. The predicted octanol–water partition coefficient (Wildman–Crippen LogP) is 1.33. The van der Waals surface area contributed by atoms with Crippen LogP contribution in [0.15, 0.2) is 30.7 Å². The first-order valence-electron chi connectivity index (χ1n) is 7.36. The van der Waals surface area contributed by atoms with Gasteiger partial charge in [0, 0.05) is 31.3 Å². The highest BCUT2D eigenvalue weighted by molar-refractivity contribution is 5.94. The molecule has 3 rings (SSSR count). The van der Waals surface area contributed by atoms with Crippen LogP contribution in [-0.4, -0.2) is 39.2 Å². The molecule has 0 radical (unpaired) electrons. The summed E-state index contributed by atoms with van der Waals surface area (Å²) in [5, 5.41) is 11.6. The fourth-order valence-corrected chi connectivity index (χ4v) is 2.56. The molecular weight excluding hydrogens is 298 g/mol. The second-order valence-electron chi connectivity index (χ2n) is 5.51. The molecule has 0 fully saturated rings. The lowest BCUT2D eigenvalue weighted by molar-refractivity contribution is 0.0690. The van der Waals surface area contributed by atoms with Crippen molar-refractivity contribution in [2.24, 2.45) is 0 Å². The number of ether oxygens (including phenoxy) is 1. The molecule has 7 nitrogen and oxygen atoms in total. The van der Waals surface area contributed by atoms with E-state index in [0.717, 1.165) is 17.7 Å². The van der Waals surface area contributed by atoms with Gasteiger partial charge in [-0.05, 0) is 30.7 Å². The molecule has 7 heteroatoms. The summed E-state index contributed by atoms with van der Waals surface area (Å²) in [4.78, 5) is 26.7. The van der Waals surface area contributed by atoms with Crippen LogP contribution in [0, 0.1) is 0 Å². The Labute approximate surface area is 132 Å². The highest BCUT2D eigenvalue weighted by atomic mass is 16.5. The Bertz CT molecular complexity index is 754. The van der Waals surface area contributed by atoms with Gasteiger partial charge in [0.2, 0.25) is 0 Å². The average molecular weight is 315 g/mol. The third kappa shape index (κ3) is 3.33. The molecule has 0 aliphatic carbocycles. The summed E-state index contributed by atoms with van der Waals surface area (Å²) in [7, 11) is 0. The number of carboxylic acids is 1. The van der Waals surface area contributed by atoms with Crippen LogP contribution in [0.25, 0.3) is 0 Å². The van der Waals surface area contributed by atoms with Crippen molar-refractivity contribution in [3.63, 3.8) is 0 Å². The quantitative estimate of drug-likeness (QED) is 0.868. The second kappa shape index (κ2) is 6.12. The fraction of sp³-hybridized carbons (Fsp3) is 0.312. The van der Waals surface area contributed by atoms with Gasteiger partial charge in [-0.25, -0.2) is 9.78 Å². The standard InChI is InChI=1S/C16H17N3O4/c1-10-6-12-7-11(2-3-14(12)23-10)15(20)17-4-5-19-8-13(16(21)22)18-9-19/h2-3,7-10H,4-6H2,1H3,(H,17,20)(H,21,22). The van der Waals surface area contributed by atoms with E-state index in [2.05, 4.69) is 10.3 Å². The summed E-state index contributed by atoms with van der Waals surface area (Å²) in [6.45, 7) is 2.84. The Morgan fingerprint density at radius 2 is 2.30 bits per heavy atom. The van der Waals surface area contributed by atoms with Crippen molar-refractivity contribution >= 4 is 11.9 Å². The van der Waals surface area contributed by atoms with Gasteiger partial charge in [0.1, 0.15) is 11.9 Å². The number of fused-ring (bicyclic) bond motifs is 1. The van der Waals surface area contributed by atoms with Crippen molar-refractivity contribution in [2.45, 2.75) is 26.0 Å². The number of benzene rings is 1. The molecule has 1 aliphatic heterocycles. The lowest BCUT2D eigenvalue weighted by Crippen LogP contribution is -2.27. The number of hydrogen-bond acceptors (Lipinski definition) is 4. The number of carbonyl (C=O) groups is 2. The summed E-state index contributed by atoms with van der Waals surface area (Å²) in [6.07, 6.45) is 3.82. The van der Waals surface area contributed by atoms with Crippen LogP contribution in [0.4, 0.5) is 0 Å². The van der Waals surface area contributed by atoms with Gasteiger partial charge in [0.05, 0.1) is 6.33 Å². The average Bonchev–Trinajstić information content (AvgIpc) is 3.11. The first-order chi connectivity index (χ1) is 11.0. The van der Waals surface area contributed by atoms with Crippen molar-refractivity contribution in [3.8, 4) is 5.75 Å². The molecule has 1 amide bonds. The van der Waals surface area contributed by atoms with E-state index in [9.17, 15) is 9.59 Å². The molecular formula is C16H17N3O4. The van der Waals surface area contributed by atoms with E-state index >= 15 is 0 Å². The van der Waals surface area contributed by atoms with Gasteiger partial charge >= 0.3 is 5.97 Å². The maximum absolute atomic E-state index is 12.2. The van der Waals surface area contributed by atoms with E-state index in [1.807, 2.05) is 19.1 Å². The van der Waals surface area contributed by atoms with Crippen molar-refractivity contribution in [1.29, 1.82) is 0 Å². The molecule has 2 heterocycles. The number of imidazole rings is 1. The Morgan fingerprint density at radius 1 is 1.48 bits per heavy atom. The highest BCUT2D eigenvalue weighted by Crippen LogP contribution is 2.29. The van der Waals surface area contributed by atoms with Crippen LogP contribution in [0.1, 0.15) is 33.3 Å². The number of amides is 1. The lowest BCUT2D eigenvalue weighted by atomic mass is 10.1. The number of carbonyl (C=O) groups excluding carboxylic acids is 1. The van der Waals surface area contributed by atoms with Gasteiger partial charge in [-0.2, -0.15) is 0 Å². The maximum atomic E-state index is 12.2. The molecule has 1 atom stereocenters. The molecule has 0 bridgehead atoms. The largest absolute Gasteiger partial charge is 0.490 e. The summed E-state index contributed by atoms with van der Waals surface area (Å²) in [6, 6.07) is 5.42. The molecule has 0 saturated heterocycles. The summed E-state index contributed by atoms with van der Waals surface area (Å²) in [5.74, 6) is -0.387. The minimum Gasteiger partial charge on any atom is -0.490 e. The van der Waals surface area contributed by atoms with Crippen molar-refractivity contribution in [1.82, 2.24) is 14.9 Å². The van der Waals surface area contributed by atoms with Crippen LogP contribution in [-0.2, 0) is 13.0 Å². The number of nitrogens with zero attached hydrogens (tertiary/aromatic N) is 2. The van der Waals surface area contributed by atoms with Gasteiger partial charge in [-0.15, -0.1) is 0 Å². The Morgan fingerprint density at radius 3 is 3.04 bits per heavy atom. The molecule has 1 aliphatic rings. The van der Waals surface area contributed by atoms with Crippen LogP contribution >= 0.6 is 0 Å². The molecule has 2 aromatic rings. The number of aromatic nitrogens is 2. The fourth-order valence-electron chi connectivity index (χ4n) is 2.56. The second-order valence-corrected chi connectivity index (χ2v) is 5.51. The monoisotopic (exact) mass is 315 g/mol. The molecule has 120 valence electrons. The van der Waals surface area contributed by atoms with E-state index in [1.54, 1.807) is 10.6 Å². The Kier molecular flexibility index (Phi) is 4.01. The van der Waals surface area contributed by atoms with Gasteiger partial charge in [-0.1, -0.05) is 0 Å². The third-order valence-corrected chi connectivity index (χ3v) is 3.67. The minimum atomic E-state index is -1.07. The van der Waals surface area contributed by atoms with Gasteiger partial charge < -0.3 is 19.7 Å². The number of nitrogens with one attached hydrogen (secondary N) is 1. The van der Waals surface area contributed by atoms with Crippen LogP contribution in [0.5, 0.6) is 5.75 Å². The zero-order chi connectivity index (χ0) is 16.4. The van der Waals surface area contributed by atoms with Crippen LogP contribution in [0.2, 0.25) is 0 Å². The van der Waals surface area contributed by atoms with Crippen molar-refractivity contribution in [3.05, 3.63) is 47.5 Å². The van der Waals surface area contributed by atoms with Crippen LogP contribution in [0.3, 0.4) is 0 Å². The van der Waals surface area contributed by atoms with Gasteiger partial charge in [0.15, 0.2) is 5.69 Å². The summed E-state index contributed by atoms with van der Waals surface area (Å²) < 4.78 is 7.24. The molecule has 1 aromatic carbocycles. The molecule has 23 heavy (non-hydrogen) atoms. The first-order valence-corrected chi connectivity index (χ1v) is 7.36. The van der Waals surface area contributed by atoms with Crippen molar-refractivity contribution in [2.75, 3.05) is 6.54 Å². The SMILES string of the molecule is CC1Cc2cc(C(=O)NCCn3cnc(C(=O)O)c3)ccc2O1. The van der Waals surface area contributed by atoms with Crippen molar-refractivity contribution < 1.29 is 19.4 Å². The lowest BCUT2D eigenvalue weighted by Gasteiger charge is -2.07. The zero-order valence-corrected chi connectivity index (χ0v) is 12.7. The van der Waals surface area contributed by atoms with E-state index < -0.39 is 5.97 Å². The number of aromatic carboxylic acids is 1. The topological polar surface area (TPSA) is 93.5 Å². The Balaban J connectivity index is 1.55. The summed E-state index contributed by atoms with van der Waals surface area (Å²) in [5.41, 5.74) is 1.63. The normalized spacial score (nSPS) is 15.8. The number of carboxylic acid groups (broad SMARTS) is 1. The maximum Gasteiger partial charge on any atom is 0.356 e. The molecule has 2 N–H and O–H groups in total. The van der Waals surface area contributed by atoms with E-state index in [-0.39, 0.29) is 17.7 Å². The third-order valence-electron chi connectivity index (χ3n) is 3.67.